The van der Waals surface area contributed by atoms with Crippen molar-refractivity contribution in [2.24, 2.45) is 0 Å². The highest BCUT2D eigenvalue weighted by atomic mass is 16.5. The van der Waals surface area contributed by atoms with Crippen molar-refractivity contribution in [2.75, 3.05) is 16.8 Å². The van der Waals surface area contributed by atoms with Gasteiger partial charge < -0.3 is 15.0 Å². The Balaban J connectivity index is 1.78. The highest BCUT2D eigenvalue weighted by Crippen LogP contribution is 2.35. The van der Waals surface area contributed by atoms with Crippen LogP contribution in [-0.2, 0) is 16.0 Å². The number of carbonyl (C=O) groups excluding carboxylic acids is 2. The van der Waals surface area contributed by atoms with Crippen molar-refractivity contribution >= 4 is 23.2 Å². The molecule has 2 aromatic rings. The number of amides is 2. The first kappa shape index (κ1) is 16.1. The van der Waals surface area contributed by atoms with Crippen LogP contribution in [0.2, 0.25) is 0 Å². The molecule has 0 unspecified atom stereocenters. The third kappa shape index (κ3) is 3.40. The monoisotopic (exact) mass is 324 g/mol. The number of hydrogen-bond donors (Lipinski definition) is 1. The Morgan fingerprint density at radius 1 is 1.21 bits per heavy atom. The smallest absolute Gasteiger partial charge is 0.265 e. The average Bonchev–Trinajstić information content (AvgIpc) is 2.55. The second-order valence-corrected chi connectivity index (χ2v) is 6.04. The maximum Gasteiger partial charge on any atom is 0.265 e. The summed E-state index contributed by atoms with van der Waals surface area (Å²) in [5.41, 5.74) is 2.30. The number of carbonyl (C=O) groups is 2. The van der Waals surface area contributed by atoms with Crippen LogP contribution in [-0.4, -0.2) is 24.5 Å². The van der Waals surface area contributed by atoms with E-state index in [1.807, 2.05) is 44.2 Å². The average molecular weight is 324 g/mol. The standard InChI is InChI=1S/C19H20N2O3/c1-13(2)21-16-11-15(8-9-17(16)24-12-19(21)23)20-18(22)10-14-6-4-3-5-7-14/h3-9,11,13H,10,12H2,1-2H3,(H,20,22). The highest BCUT2D eigenvalue weighted by molar-refractivity contribution is 6.00. The van der Waals surface area contributed by atoms with E-state index in [1.54, 1.807) is 23.1 Å². The normalized spacial score (nSPS) is 13.5. The van der Waals surface area contributed by atoms with Gasteiger partial charge in [0.1, 0.15) is 5.75 Å². The summed E-state index contributed by atoms with van der Waals surface area (Å²) >= 11 is 0. The molecule has 0 saturated heterocycles. The van der Waals surface area contributed by atoms with Gasteiger partial charge in [-0.3, -0.25) is 9.59 Å². The molecule has 5 heteroatoms. The van der Waals surface area contributed by atoms with Crippen LogP contribution in [0.3, 0.4) is 0 Å². The zero-order chi connectivity index (χ0) is 17.1. The Hall–Kier alpha value is -2.82. The van der Waals surface area contributed by atoms with Gasteiger partial charge in [-0.15, -0.1) is 0 Å². The van der Waals surface area contributed by atoms with Gasteiger partial charge in [0.25, 0.3) is 5.91 Å². The molecule has 0 fully saturated rings. The minimum Gasteiger partial charge on any atom is -0.482 e. The number of nitrogens with zero attached hydrogens (tertiary/aromatic N) is 1. The van der Waals surface area contributed by atoms with Crippen LogP contribution in [0.1, 0.15) is 19.4 Å². The number of nitrogens with one attached hydrogen (secondary N) is 1. The van der Waals surface area contributed by atoms with Crippen LogP contribution in [0.5, 0.6) is 5.75 Å². The van der Waals surface area contributed by atoms with Crippen molar-refractivity contribution in [2.45, 2.75) is 26.3 Å². The Labute approximate surface area is 141 Å². The van der Waals surface area contributed by atoms with Crippen LogP contribution in [0.15, 0.2) is 48.5 Å². The molecule has 0 spiro atoms. The topological polar surface area (TPSA) is 58.6 Å². The van der Waals surface area contributed by atoms with Crippen molar-refractivity contribution in [3.05, 3.63) is 54.1 Å². The summed E-state index contributed by atoms with van der Waals surface area (Å²) in [6.45, 7) is 3.95. The summed E-state index contributed by atoms with van der Waals surface area (Å²) < 4.78 is 5.47. The molecule has 24 heavy (non-hydrogen) atoms. The van der Waals surface area contributed by atoms with E-state index in [1.165, 1.54) is 0 Å². The zero-order valence-electron chi connectivity index (χ0n) is 13.8. The summed E-state index contributed by atoms with van der Waals surface area (Å²) in [5, 5.41) is 2.88. The van der Waals surface area contributed by atoms with Gasteiger partial charge in [-0.25, -0.2) is 0 Å². The fraction of sp³-hybridized carbons (Fsp3) is 0.263. The predicted octanol–water partition coefficient (Wildman–Crippen LogP) is 3.00. The minimum absolute atomic E-state index is 0.0235. The Morgan fingerprint density at radius 2 is 1.96 bits per heavy atom. The van der Waals surface area contributed by atoms with Gasteiger partial charge in [0.15, 0.2) is 6.61 Å². The molecule has 2 amide bonds. The lowest BCUT2D eigenvalue weighted by Gasteiger charge is -2.32. The second-order valence-electron chi connectivity index (χ2n) is 6.04. The van der Waals surface area contributed by atoms with Crippen LogP contribution < -0.4 is 15.0 Å². The molecular formula is C19H20N2O3. The number of hydrogen-bond acceptors (Lipinski definition) is 3. The van der Waals surface area contributed by atoms with Gasteiger partial charge >= 0.3 is 0 Å². The second kappa shape index (κ2) is 6.74. The van der Waals surface area contributed by atoms with Crippen LogP contribution in [0.4, 0.5) is 11.4 Å². The van der Waals surface area contributed by atoms with Crippen LogP contribution in [0.25, 0.3) is 0 Å². The van der Waals surface area contributed by atoms with Crippen LogP contribution in [0, 0.1) is 0 Å². The molecule has 0 bridgehead atoms. The van der Waals surface area contributed by atoms with Crippen LogP contribution >= 0.6 is 0 Å². The van der Waals surface area contributed by atoms with Crippen molar-refractivity contribution in [3.8, 4) is 5.75 Å². The molecule has 1 heterocycles. The number of anilines is 2. The maximum atomic E-state index is 12.2. The molecule has 0 atom stereocenters. The van der Waals surface area contributed by atoms with Gasteiger partial charge in [-0.05, 0) is 37.6 Å². The zero-order valence-corrected chi connectivity index (χ0v) is 13.8. The Bertz CT molecular complexity index is 756. The molecule has 0 saturated carbocycles. The molecule has 1 aliphatic heterocycles. The lowest BCUT2D eigenvalue weighted by atomic mass is 10.1. The maximum absolute atomic E-state index is 12.2. The molecule has 5 nitrogen and oxygen atoms in total. The predicted molar refractivity (Wildman–Crippen MR) is 93.3 cm³/mol. The van der Waals surface area contributed by atoms with Gasteiger partial charge in [-0.2, -0.15) is 0 Å². The Morgan fingerprint density at radius 3 is 2.67 bits per heavy atom. The number of benzene rings is 2. The summed E-state index contributed by atoms with van der Waals surface area (Å²) in [6, 6.07) is 15.0. The molecule has 3 rings (SSSR count). The summed E-state index contributed by atoms with van der Waals surface area (Å²) in [4.78, 5) is 26.0. The van der Waals surface area contributed by atoms with Gasteiger partial charge in [0.05, 0.1) is 12.1 Å². The molecule has 0 radical (unpaired) electrons. The number of rotatable bonds is 4. The minimum atomic E-state index is -0.0969. The van der Waals surface area contributed by atoms with E-state index in [-0.39, 0.29) is 24.5 Å². The molecular weight excluding hydrogens is 304 g/mol. The number of ether oxygens (including phenoxy) is 1. The molecule has 2 aromatic carbocycles. The molecule has 124 valence electrons. The van der Waals surface area contributed by atoms with Gasteiger partial charge in [0, 0.05) is 11.7 Å². The Kier molecular flexibility index (Phi) is 4.51. The first-order chi connectivity index (χ1) is 11.5. The molecule has 0 aliphatic carbocycles. The summed E-state index contributed by atoms with van der Waals surface area (Å²) in [5.74, 6) is 0.481. The van der Waals surface area contributed by atoms with E-state index in [0.29, 0.717) is 23.5 Å². The van der Waals surface area contributed by atoms with Crippen molar-refractivity contribution in [3.63, 3.8) is 0 Å². The van der Waals surface area contributed by atoms with E-state index in [0.717, 1.165) is 5.56 Å². The first-order valence-corrected chi connectivity index (χ1v) is 7.97. The van der Waals surface area contributed by atoms with Crippen molar-refractivity contribution in [1.29, 1.82) is 0 Å². The highest BCUT2D eigenvalue weighted by Gasteiger charge is 2.27. The van der Waals surface area contributed by atoms with Crippen molar-refractivity contribution in [1.82, 2.24) is 0 Å². The van der Waals surface area contributed by atoms with Gasteiger partial charge in [0.2, 0.25) is 5.91 Å². The fourth-order valence-electron chi connectivity index (χ4n) is 2.80. The summed E-state index contributed by atoms with van der Waals surface area (Å²) in [7, 11) is 0. The van der Waals surface area contributed by atoms with E-state index in [2.05, 4.69) is 5.32 Å². The largest absolute Gasteiger partial charge is 0.482 e. The van der Waals surface area contributed by atoms with E-state index < -0.39 is 0 Å². The lowest BCUT2D eigenvalue weighted by molar-refractivity contribution is -0.121. The van der Waals surface area contributed by atoms with E-state index in [9.17, 15) is 9.59 Å². The molecule has 1 N–H and O–H groups in total. The molecule has 0 aromatic heterocycles. The number of fused-ring (bicyclic) bond motifs is 1. The molecule has 1 aliphatic rings. The van der Waals surface area contributed by atoms with E-state index in [4.69, 9.17) is 4.74 Å². The SMILES string of the molecule is CC(C)N1C(=O)COc2ccc(NC(=O)Cc3ccccc3)cc21. The van der Waals surface area contributed by atoms with Crippen molar-refractivity contribution < 1.29 is 14.3 Å². The fourth-order valence-corrected chi connectivity index (χ4v) is 2.80. The lowest BCUT2D eigenvalue weighted by Crippen LogP contribution is -2.43. The van der Waals surface area contributed by atoms with E-state index >= 15 is 0 Å². The first-order valence-electron chi connectivity index (χ1n) is 7.97. The van der Waals surface area contributed by atoms with Gasteiger partial charge in [-0.1, -0.05) is 30.3 Å². The third-order valence-electron chi connectivity index (χ3n) is 3.85. The quantitative estimate of drug-likeness (QED) is 0.940. The summed E-state index contributed by atoms with van der Waals surface area (Å²) in [6.07, 6.45) is 0.307. The third-order valence-corrected chi connectivity index (χ3v) is 3.85.